The van der Waals surface area contributed by atoms with Crippen molar-refractivity contribution >= 4 is 32.8 Å². The number of aryl methyl sites for hydroxylation is 1. The number of fused-ring (bicyclic) bond motifs is 1. The van der Waals surface area contributed by atoms with E-state index < -0.39 is 10.1 Å². The maximum absolute atomic E-state index is 12.9. The molecule has 0 aliphatic carbocycles. The van der Waals surface area contributed by atoms with Crippen LogP contribution < -0.4 is 8.92 Å². The van der Waals surface area contributed by atoms with Crippen molar-refractivity contribution in [1.82, 2.24) is 4.98 Å². The third kappa shape index (κ3) is 3.79. The lowest BCUT2D eigenvalue weighted by Gasteiger charge is -2.12. The summed E-state index contributed by atoms with van der Waals surface area (Å²) in [5.41, 5.74) is 2.40. The zero-order valence-corrected chi connectivity index (χ0v) is 17.1. The molecule has 0 N–H and O–H groups in total. The lowest BCUT2D eigenvalue weighted by molar-refractivity contribution is 0.398. The van der Waals surface area contributed by atoms with Crippen molar-refractivity contribution in [2.75, 3.05) is 7.11 Å². The molecule has 148 valence electrons. The predicted molar refractivity (Wildman–Crippen MR) is 110 cm³/mol. The predicted octanol–water partition coefficient (Wildman–Crippen LogP) is 5.23. The second-order valence-corrected chi connectivity index (χ2v) is 8.27. The SMILES string of the molecule is COc1ccccc1S(=O)(=O)Oc1ccc(C)cc1-c1nc2cc(Cl)ccc2o1. The molecular weight excluding hydrogens is 414 g/mol. The fraction of sp³-hybridized carbons (Fsp3) is 0.0952. The molecule has 0 spiro atoms. The number of oxazole rings is 1. The van der Waals surface area contributed by atoms with Crippen LogP contribution in [0.4, 0.5) is 0 Å². The quantitative estimate of drug-likeness (QED) is 0.404. The van der Waals surface area contributed by atoms with Crippen molar-refractivity contribution in [3.05, 3.63) is 71.2 Å². The maximum atomic E-state index is 12.9. The first-order chi connectivity index (χ1) is 13.9. The molecule has 0 unspecified atom stereocenters. The van der Waals surface area contributed by atoms with Gasteiger partial charge in [-0.05, 0) is 49.4 Å². The van der Waals surface area contributed by atoms with E-state index in [4.69, 9.17) is 24.9 Å². The van der Waals surface area contributed by atoms with Gasteiger partial charge in [-0.25, -0.2) is 4.98 Å². The summed E-state index contributed by atoms with van der Waals surface area (Å²) < 4.78 is 42.2. The number of aromatic nitrogens is 1. The first kappa shape index (κ1) is 19.3. The Kier molecular flexibility index (Phi) is 4.94. The van der Waals surface area contributed by atoms with Gasteiger partial charge in [-0.2, -0.15) is 8.42 Å². The van der Waals surface area contributed by atoms with Gasteiger partial charge in [0, 0.05) is 5.02 Å². The molecule has 0 saturated heterocycles. The Morgan fingerprint density at radius 2 is 1.79 bits per heavy atom. The van der Waals surface area contributed by atoms with E-state index in [-0.39, 0.29) is 22.3 Å². The maximum Gasteiger partial charge on any atom is 0.342 e. The first-order valence-electron chi connectivity index (χ1n) is 8.62. The van der Waals surface area contributed by atoms with E-state index in [0.717, 1.165) is 5.56 Å². The van der Waals surface area contributed by atoms with Crippen LogP contribution in [0.25, 0.3) is 22.6 Å². The molecule has 29 heavy (non-hydrogen) atoms. The molecule has 8 heteroatoms. The van der Waals surface area contributed by atoms with Gasteiger partial charge in [0.05, 0.1) is 12.7 Å². The summed E-state index contributed by atoms with van der Waals surface area (Å²) in [4.78, 5) is 4.36. The molecule has 1 heterocycles. The number of ether oxygens (including phenoxy) is 1. The molecule has 0 bridgehead atoms. The van der Waals surface area contributed by atoms with Gasteiger partial charge in [-0.3, -0.25) is 0 Å². The Hall–Kier alpha value is -3.03. The number of benzene rings is 3. The number of halogens is 1. The monoisotopic (exact) mass is 429 g/mol. The third-order valence-electron chi connectivity index (χ3n) is 4.25. The van der Waals surface area contributed by atoms with Crippen LogP contribution in [0, 0.1) is 6.92 Å². The highest BCUT2D eigenvalue weighted by Gasteiger charge is 2.24. The van der Waals surface area contributed by atoms with Crippen LogP contribution in [-0.4, -0.2) is 20.5 Å². The summed E-state index contributed by atoms with van der Waals surface area (Å²) in [5, 5.41) is 0.525. The molecule has 0 aliphatic rings. The third-order valence-corrected chi connectivity index (χ3v) is 5.76. The molecule has 0 radical (unpaired) electrons. The summed E-state index contributed by atoms with van der Waals surface area (Å²) in [5.74, 6) is 0.521. The second-order valence-electron chi connectivity index (χ2n) is 6.32. The zero-order valence-electron chi connectivity index (χ0n) is 15.5. The molecule has 0 fully saturated rings. The summed E-state index contributed by atoms with van der Waals surface area (Å²) in [6.07, 6.45) is 0. The van der Waals surface area contributed by atoms with Crippen LogP contribution in [0.2, 0.25) is 5.02 Å². The Balaban J connectivity index is 1.81. The molecule has 0 amide bonds. The van der Waals surface area contributed by atoms with Gasteiger partial charge >= 0.3 is 10.1 Å². The molecule has 0 atom stereocenters. The lowest BCUT2D eigenvalue weighted by atomic mass is 10.1. The number of hydrogen-bond acceptors (Lipinski definition) is 6. The number of para-hydroxylation sites is 1. The summed E-state index contributed by atoms with van der Waals surface area (Å²) in [7, 11) is -2.75. The number of rotatable bonds is 5. The van der Waals surface area contributed by atoms with Crippen LogP contribution in [0.3, 0.4) is 0 Å². The highest BCUT2D eigenvalue weighted by atomic mass is 35.5. The summed E-state index contributed by atoms with van der Waals surface area (Å²) in [6, 6.07) is 16.4. The van der Waals surface area contributed by atoms with Gasteiger partial charge < -0.3 is 13.3 Å². The smallest absolute Gasteiger partial charge is 0.342 e. The second kappa shape index (κ2) is 7.42. The van der Waals surface area contributed by atoms with Gasteiger partial charge in [0.25, 0.3) is 0 Å². The average Bonchev–Trinajstić information content (AvgIpc) is 3.12. The Labute approximate surface area is 172 Å². The van der Waals surface area contributed by atoms with Gasteiger partial charge in [0.1, 0.15) is 16.2 Å². The number of hydrogen-bond donors (Lipinski definition) is 0. The highest BCUT2D eigenvalue weighted by molar-refractivity contribution is 7.87. The molecule has 4 rings (SSSR count). The largest absolute Gasteiger partial charge is 0.495 e. The van der Waals surface area contributed by atoms with E-state index in [1.54, 1.807) is 54.6 Å². The Morgan fingerprint density at radius 1 is 1.00 bits per heavy atom. The summed E-state index contributed by atoms with van der Waals surface area (Å²) in [6.45, 7) is 1.88. The van der Waals surface area contributed by atoms with Crippen molar-refractivity contribution < 1.29 is 21.8 Å². The minimum Gasteiger partial charge on any atom is -0.495 e. The van der Waals surface area contributed by atoms with Crippen molar-refractivity contribution in [2.45, 2.75) is 11.8 Å². The van der Waals surface area contributed by atoms with Crippen LogP contribution in [0.5, 0.6) is 11.5 Å². The van der Waals surface area contributed by atoms with Crippen molar-refractivity contribution in [1.29, 1.82) is 0 Å². The van der Waals surface area contributed by atoms with E-state index in [9.17, 15) is 8.42 Å². The number of nitrogens with zero attached hydrogens (tertiary/aromatic N) is 1. The zero-order chi connectivity index (χ0) is 20.6. The first-order valence-corrected chi connectivity index (χ1v) is 10.4. The fourth-order valence-corrected chi connectivity index (χ4v) is 4.17. The van der Waals surface area contributed by atoms with E-state index in [0.29, 0.717) is 21.7 Å². The van der Waals surface area contributed by atoms with Crippen LogP contribution in [0.15, 0.2) is 70.0 Å². The number of methoxy groups -OCH3 is 1. The molecular formula is C21H16ClNO5S. The summed E-state index contributed by atoms with van der Waals surface area (Å²) >= 11 is 6.02. The molecule has 3 aromatic carbocycles. The van der Waals surface area contributed by atoms with Crippen molar-refractivity contribution in [3.8, 4) is 23.0 Å². The average molecular weight is 430 g/mol. The molecule has 1 aromatic heterocycles. The van der Waals surface area contributed by atoms with Crippen LogP contribution >= 0.6 is 11.6 Å². The fourth-order valence-electron chi connectivity index (χ4n) is 2.89. The Bertz CT molecular complexity index is 1310. The topological polar surface area (TPSA) is 78.6 Å². The Morgan fingerprint density at radius 3 is 2.59 bits per heavy atom. The van der Waals surface area contributed by atoms with E-state index in [1.807, 2.05) is 6.92 Å². The normalized spacial score (nSPS) is 11.6. The van der Waals surface area contributed by atoms with E-state index in [1.165, 1.54) is 13.2 Å². The highest BCUT2D eigenvalue weighted by Crippen LogP contribution is 2.36. The molecule has 6 nitrogen and oxygen atoms in total. The lowest BCUT2D eigenvalue weighted by Crippen LogP contribution is -2.11. The van der Waals surface area contributed by atoms with E-state index in [2.05, 4.69) is 4.98 Å². The van der Waals surface area contributed by atoms with Crippen LogP contribution in [-0.2, 0) is 10.1 Å². The van der Waals surface area contributed by atoms with Gasteiger partial charge in [-0.15, -0.1) is 0 Å². The molecule has 4 aromatic rings. The standard InChI is InChI=1S/C21H16ClNO5S/c1-13-7-9-17(28-29(24,25)20-6-4-3-5-19(20)26-2)15(11-13)21-23-16-12-14(22)8-10-18(16)27-21/h3-12H,1-2H3. The van der Waals surface area contributed by atoms with Gasteiger partial charge in [0.15, 0.2) is 11.3 Å². The van der Waals surface area contributed by atoms with Crippen molar-refractivity contribution in [3.63, 3.8) is 0 Å². The van der Waals surface area contributed by atoms with Gasteiger partial charge in [0.2, 0.25) is 5.89 Å². The van der Waals surface area contributed by atoms with Crippen molar-refractivity contribution in [2.24, 2.45) is 0 Å². The minimum atomic E-state index is -4.15. The minimum absolute atomic E-state index is 0.0710. The van der Waals surface area contributed by atoms with Crippen LogP contribution in [0.1, 0.15) is 5.56 Å². The molecule has 0 aliphatic heterocycles. The molecule has 0 saturated carbocycles. The van der Waals surface area contributed by atoms with E-state index >= 15 is 0 Å². The van der Waals surface area contributed by atoms with Gasteiger partial charge in [-0.1, -0.05) is 35.4 Å².